The van der Waals surface area contributed by atoms with Crippen molar-refractivity contribution in [2.75, 3.05) is 6.54 Å². The number of aromatic nitrogens is 2. The van der Waals surface area contributed by atoms with Crippen molar-refractivity contribution in [3.05, 3.63) is 35.2 Å². The minimum Gasteiger partial charge on any atom is -0.507 e. The molecule has 1 aromatic carbocycles. The summed E-state index contributed by atoms with van der Waals surface area (Å²) >= 11 is 6.03. The number of rotatable bonds is 1. The number of nitrogens with zero attached hydrogens (tertiary/aromatic N) is 3. The van der Waals surface area contributed by atoms with E-state index in [0.717, 1.165) is 11.5 Å². The summed E-state index contributed by atoms with van der Waals surface area (Å²) in [6, 6.07) is 4.91. The van der Waals surface area contributed by atoms with E-state index in [1.807, 2.05) is 25.3 Å². The maximum atomic E-state index is 12.2. The van der Waals surface area contributed by atoms with E-state index in [4.69, 9.17) is 16.3 Å². The third kappa shape index (κ3) is 3.33. The van der Waals surface area contributed by atoms with Crippen LogP contribution in [-0.4, -0.2) is 37.8 Å². The first kappa shape index (κ1) is 16.6. The highest BCUT2D eigenvalue weighted by Crippen LogP contribution is 2.33. The highest BCUT2D eigenvalue weighted by Gasteiger charge is 2.28. The fourth-order valence-corrected chi connectivity index (χ4v) is 2.84. The second-order valence-corrected chi connectivity index (χ2v) is 7.21. The summed E-state index contributed by atoms with van der Waals surface area (Å²) < 4.78 is 7.40. The molecule has 0 bridgehead atoms. The summed E-state index contributed by atoms with van der Waals surface area (Å²) in [4.78, 5) is 18.2. The molecule has 0 saturated carbocycles. The second-order valence-electron chi connectivity index (χ2n) is 6.77. The minimum atomic E-state index is -0.526. The largest absolute Gasteiger partial charge is 0.507 e. The van der Waals surface area contributed by atoms with Gasteiger partial charge in [0.25, 0.3) is 0 Å². The first-order valence-corrected chi connectivity index (χ1v) is 8.13. The predicted molar refractivity (Wildman–Crippen MR) is 91.0 cm³/mol. The number of ether oxygens (including phenoxy) is 1. The number of carbonyl (C=O) groups is 1. The molecule has 1 aromatic heterocycles. The molecule has 1 N–H and O–H groups in total. The van der Waals surface area contributed by atoms with E-state index < -0.39 is 5.60 Å². The Hall–Kier alpha value is -2.21. The molecule has 0 atom stereocenters. The zero-order valence-electron chi connectivity index (χ0n) is 13.9. The molecule has 0 radical (unpaired) electrons. The molecule has 6 nitrogen and oxygen atoms in total. The van der Waals surface area contributed by atoms with Crippen LogP contribution in [0.5, 0.6) is 5.75 Å². The van der Waals surface area contributed by atoms with Crippen molar-refractivity contribution >= 4 is 17.7 Å². The van der Waals surface area contributed by atoms with Crippen LogP contribution in [0.1, 0.15) is 26.6 Å². The SMILES string of the molecule is CC(C)(C)OC(=O)N1CCn2c(-c3cc(Cl)ccc3O)cnc2C1. The number of hydrogen-bond donors (Lipinski definition) is 1. The average Bonchev–Trinajstić information content (AvgIpc) is 2.91. The zero-order chi connectivity index (χ0) is 17.5. The lowest BCUT2D eigenvalue weighted by Gasteiger charge is -2.31. The number of carbonyl (C=O) groups excluding carboxylic acids is 1. The van der Waals surface area contributed by atoms with Crippen LogP contribution in [0.4, 0.5) is 4.79 Å². The van der Waals surface area contributed by atoms with Crippen molar-refractivity contribution in [2.24, 2.45) is 0 Å². The van der Waals surface area contributed by atoms with Gasteiger partial charge >= 0.3 is 6.09 Å². The molecule has 1 aliphatic heterocycles. The number of imidazole rings is 1. The van der Waals surface area contributed by atoms with Crippen LogP contribution in [0.3, 0.4) is 0 Å². The van der Waals surface area contributed by atoms with Crippen molar-refractivity contribution in [1.29, 1.82) is 0 Å². The third-order valence-electron chi connectivity index (χ3n) is 3.75. The Morgan fingerprint density at radius 2 is 2.08 bits per heavy atom. The van der Waals surface area contributed by atoms with Gasteiger partial charge in [-0.15, -0.1) is 0 Å². The molecule has 3 rings (SSSR count). The summed E-state index contributed by atoms with van der Waals surface area (Å²) in [6.07, 6.45) is 1.35. The Labute approximate surface area is 145 Å². The molecule has 1 aliphatic rings. The Morgan fingerprint density at radius 3 is 2.79 bits per heavy atom. The Kier molecular flexibility index (Phi) is 4.17. The lowest BCUT2D eigenvalue weighted by atomic mass is 10.1. The number of phenols is 1. The van der Waals surface area contributed by atoms with Gasteiger partial charge in [0.15, 0.2) is 0 Å². The van der Waals surface area contributed by atoms with Crippen LogP contribution in [-0.2, 0) is 17.8 Å². The molecular weight excluding hydrogens is 330 g/mol. The van der Waals surface area contributed by atoms with Gasteiger partial charge in [-0.05, 0) is 39.0 Å². The standard InChI is InChI=1S/C17H20ClN3O3/c1-17(2,3)24-16(23)20-6-7-21-13(9-19-15(21)10-20)12-8-11(18)4-5-14(12)22/h4-5,8-9,22H,6-7,10H2,1-3H3. The molecule has 2 heterocycles. The van der Waals surface area contributed by atoms with E-state index in [2.05, 4.69) is 4.98 Å². The van der Waals surface area contributed by atoms with Gasteiger partial charge in [0.05, 0.1) is 18.4 Å². The number of halogens is 1. The zero-order valence-corrected chi connectivity index (χ0v) is 14.7. The first-order chi connectivity index (χ1) is 11.2. The van der Waals surface area contributed by atoms with Crippen LogP contribution in [0.25, 0.3) is 11.3 Å². The van der Waals surface area contributed by atoms with E-state index >= 15 is 0 Å². The van der Waals surface area contributed by atoms with Gasteiger partial charge in [-0.3, -0.25) is 4.90 Å². The maximum Gasteiger partial charge on any atom is 0.410 e. The van der Waals surface area contributed by atoms with Crippen LogP contribution >= 0.6 is 11.6 Å². The van der Waals surface area contributed by atoms with Crippen molar-refractivity contribution in [1.82, 2.24) is 14.5 Å². The average molecular weight is 350 g/mol. The number of benzene rings is 1. The van der Waals surface area contributed by atoms with Gasteiger partial charge in [-0.25, -0.2) is 9.78 Å². The monoisotopic (exact) mass is 349 g/mol. The molecule has 0 unspecified atom stereocenters. The van der Waals surface area contributed by atoms with Gasteiger partial charge in [0.1, 0.15) is 17.2 Å². The molecule has 7 heteroatoms. The quantitative estimate of drug-likeness (QED) is 0.853. The van der Waals surface area contributed by atoms with Crippen LogP contribution in [0, 0.1) is 0 Å². The molecule has 0 saturated heterocycles. The fraction of sp³-hybridized carbons (Fsp3) is 0.412. The third-order valence-corrected chi connectivity index (χ3v) is 3.99. The van der Waals surface area contributed by atoms with Crippen molar-refractivity contribution in [3.63, 3.8) is 0 Å². The highest BCUT2D eigenvalue weighted by molar-refractivity contribution is 6.30. The van der Waals surface area contributed by atoms with E-state index in [0.29, 0.717) is 30.2 Å². The normalized spacial score (nSPS) is 14.4. The van der Waals surface area contributed by atoms with E-state index in [-0.39, 0.29) is 11.8 Å². The summed E-state index contributed by atoms with van der Waals surface area (Å²) in [5, 5.41) is 10.6. The molecule has 0 spiro atoms. The molecule has 1 amide bonds. The molecule has 2 aromatic rings. The summed E-state index contributed by atoms with van der Waals surface area (Å²) in [5.74, 6) is 0.901. The van der Waals surface area contributed by atoms with Crippen LogP contribution in [0.15, 0.2) is 24.4 Å². The Bertz CT molecular complexity index is 780. The van der Waals surface area contributed by atoms with E-state index in [9.17, 15) is 9.90 Å². The van der Waals surface area contributed by atoms with Gasteiger partial charge in [0.2, 0.25) is 0 Å². The summed E-state index contributed by atoms with van der Waals surface area (Å²) in [7, 11) is 0. The molecular formula is C17H20ClN3O3. The Morgan fingerprint density at radius 1 is 1.33 bits per heavy atom. The van der Waals surface area contributed by atoms with Crippen molar-refractivity contribution < 1.29 is 14.6 Å². The van der Waals surface area contributed by atoms with Gasteiger partial charge in [-0.2, -0.15) is 0 Å². The smallest absolute Gasteiger partial charge is 0.410 e. The molecule has 0 fully saturated rings. The number of hydrogen-bond acceptors (Lipinski definition) is 4. The number of aromatic hydroxyl groups is 1. The first-order valence-electron chi connectivity index (χ1n) is 7.76. The number of phenolic OH excluding ortho intramolecular Hbond substituents is 1. The molecule has 128 valence electrons. The molecule has 0 aliphatic carbocycles. The maximum absolute atomic E-state index is 12.2. The Balaban J connectivity index is 1.85. The van der Waals surface area contributed by atoms with Crippen molar-refractivity contribution in [3.8, 4) is 17.0 Å². The number of fused-ring (bicyclic) bond motifs is 1. The molecule has 24 heavy (non-hydrogen) atoms. The minimum absolute atomic E-state index is 0.150. The number of amides is 1. The van der Waals surface area contributed by atoms with Crippen LogP contribution < -0.4 is 0 Å². The topological polar surface area (TPSA) is 67.6 Å². The van der Waals surface area contributed by atoms with E-state index in [1.54, 1.807) is 29.3 Å². The summed E-state index contributed by atoms with van der Waals surface area (Å²) in [5.41, 5.74) is 0.891. The highest BCUT2D eigenvalue weighted by atomic mass is 35.5. The second kappa shape index (κ2) is 6.02. The predicted octanol–water partition coefficient (Wildman–Crippen LogP) is 3.66. The fourth-order valence-electron chi connectivity index (χ4n) is 2.67. The van der Waals surface area contributed by atoms with Gasteiger partial charge < -0.3 is 14.4 Å². The summed E-state index contributed by atoms with van der Waals surface area (Å²) in [6.45, 7) is 7.00. The van der Waals surface area contributed by atoms with Crippen LogP contribution in [0.2, 0.25) is 5.02 Å². The van der Waals surface area contributed by atoms with E-state index in [1.165, 1.54) is 0 Å². The van der Waals surface area contributed by atoms with Crippen molar-refractivity contribution in [2.45, 2.75) is 39.5 Å². The van der Waals surface area contributed by atoms with Gasteiger partial charge in [-0.1, -0.05) is 11.6 Å². The lowest BCUT2D eigenvalue weighted by molar-refractivity contribution is 0.0196. The lowest BCUT2D eigenvalue weighted by Crippen LogP contribution is -2.41. The van der Waals surface area contributed by atoms with Gasteiger partial charge in [0, 0.05) is 23.7 Å².